The van der Waals surface area contributed by atoms with Gasteiger partial charge in [0.2, 0.25) is 15.9 Å². The molecule has 0 saturated carbocycles. The molecule has 2 heterocycles. The third kappa shape index (κ3) is 3.70. The van der Waals surface area contributed by atoms with Gasteiger partial charge in [-0.1, -0.05) is 18.2 Å². The van der Waals surface area contributed by atoms with Crippen molar-refractivity contribution in [3.63, 3.8) is 0 Å². The SMILES string of the molecule is Cc1ccccc1NC(=O)Cn1c(=O)oc2cc(S(=O)(=O)N3CCCC3)ccc21. The predicted molar refractivity (Wildman–Crippen MR) is 108 cm³/mol. The van der Waals surface area contributed by atoms with Gasteiger partial charge < -0.3 is 9.73 Å². The van der Waals surface area contributed by atoms with Crippen LogP contribution in [0.15, 0.2) is 56.6 Å². The number of para-hydroxylation sites is 1. The molecule has 2 aromatic carbocycles. The van der Waals surface area contributed by atoms with Crippen LogP contribution in [0.4, 0.5) is 5.69 Å². The highest BCUT2D eigenvalue weighted by Crippen LogP contribution is 2.24. The maximum Gasteiger partial charge on any atom is 0.420 e. The molecule has 8 nitrogen and oxygen atoms in total. The third-order valence-electron chi connectivity index (χ3n) is 5.06. The number of carbonyl (C=O) groups excluding carboxylic acids is 1. The van der Waals surface area contributed by atoms with Crippen molar-refractivity contribution in [2.24, 2.45) is 0 Å². The van der Waals surface area contributed by atoms with Gasteiger partial charge in [0.1, 0.15) is 6.54 Å². The molecular formula is C20H21N3O5S. The van der Waals surface area contributed by atoms with Crippen LogP contribution in [0.25, 0.3) is 11.1 Å². The molecule has 0 radical (unpaired) electrons. The Bertz CT molecular complexity index is 1240. The number of aryl methyl sites for hydroxylation is 1. The largest absolute Gasteiger partial charge is 0.420 e. The van der Waals surface area contributed by atoms with Crippen molar-refractivity contribution in [2.75, 3.05) is 18.4 Å². The molecule has 1 aliphatic heterocycles. The predicted octanol–water partition coefficient (Wildman–Crippen LogP) is 2.33. The van der Waals surface area contributed by atoms with Gasteiger partial charge >= 0.3 is 5.76 Å². The average molecular weight is 415 g/mol. The number of amides is 1. The fourth-order valence-electron chi connectivity index (χ4n) is 3.48. The summed E-state index contributed by atoms with van der Waals surface area (Å²) in [6.45, 7) is 2.62. The van der Waals surface area contributed by atoms with Crippen LogP contribution in [-0.4, -0.2) is 36.3 Å². The zero-order valence-electron chi connectivity index (χ0n) is 15.9. The smallest absolute Gasteiger partial charge is 0.408 e. The topological polar surface area (TPSA) is 102 Å². The number of rotatable bonds is 5. The molecule has 1 saturated heterocycles. The molecule has 9 heteroatoms. The summed E-state index contributed by atoms with van der Waals surface area (Å²) in [5, 5.41) is 2.77. The van der Waals surface area contributed by atoms with Crippen LogP contribution in [0.1, 0.15) is 18.4 Å². The molecule has 0 unspecified atom stereocenters. The van der Waals surface area contributed by atoms with Gasteiger partial charge in [0.05, 0.1) is 10.4 Å². The van der Waals surface area contributed by atoms with Gasteiger partial charge in [0.25, 0.3) is 0 Å². The molecule has 1 aliphatic rings. The van der Waals surface area contributed by atoms with E-state index in [1.807, 2.05) is 25.1 Å². The number of oxazole rings is 1. The lowest BCUT2D eigenvalue weighted by molar-refractivity contribution is -0.116. The number of aromatic nitrogens is 1. The maximum atomic E-state index is 12.7. The molecule has 1 aromatic heterocycles. The fraction of sp³-hybridized carbons (Fsp3) is 0.300. The normalized spacial score (nSPS) is 15.1. The van der Waals surface area contributed by atoms with E-state index in [2.05, 4.69) is 5.32 Å². The zero-order chi connectivity index (χ0) is 20.6. The molecule has 0 atom stereocenters. The summed E-state index contributed by atoms with van der Waals surface area (Å²) < 4.78 is 33.3. The van der Waals surface area contributed by atoms with E-state index in [0.29, 0.717) is 24.3 Å². The van der Waals surface area contributed by atoms with E-state index in [4.69, 9.17) is 4.42 Å². The first-order valence-corrected chi connectivity index (χ1v) is 10.8. The standard InChI is InChI=1S/C20H21N3O5S/c1-14-6-2-3-7-16(14)21-19(24)13-23-17-9-8-15(12-18(17)28-20(23)25)29(26,27)22-10-4-5-11-22/h2-3,6-9,12H,4-5,10-11,13H2,1H3,(H,21,24). The van der Waals surface area contributed by atoms with Crippen LogP contribution in [0.3, 0.4) is 0 Å². The van der Waals surface area contributed by atoms with Crippen molar-refractivity contribution in [3.8, 4) is 0 Å². The summed E-state index contributed by atoms with van der Waals surface area (Å²) in [6.07, 6.45) is 1.67. The van der Waals surface area contributed by atoms with Crippen LogP contribution >= 0.6 is 0 Å². The number of anilines is 1. The highest BCUT2D eigenvalue weighted by molar-refractivity contribution is 7.89. The second kappa shape index (κ2) is 7.49. The monoisotopic (exact) mass is 415 g/mol. The van der Waals surface area contributed by atoms with E-state index in [-0.39, 0.29) is 22.9 Å². The number of nitrogens with zero attached hydrogens (tertiary/aromatic N) is 2. The molecule has 1 fully saturated rings. The molecule has 1 N–H and O–H groups in total. The Kier molecular flexibility index (Phi) is 5.01. The second-order valence-corrected chi connectivity index (χ2v) is 9.00. The highest BCUT2D eigenvalue weighted by atomic mass is 32.2. The van der Waals surface area contributed by atoms with E-state index >= 15 is 0 Å². The van der Waals surface area contributed by atoms with E-state index in [1.165, 1.54) is 27.1 Å². The van der Waals surface area contributed by atoms with Gasteiger partial charge in [-0.2, -0.15) is 4.31 Å². The Labute approximate surface area is 167 Å². The number of sulfonamides is 1. The van der Waals surface area contributed by atoms with Crippen molar-refractivity contribution in [1.29, 1.82) is 0 Å². The van der Waals surface area contributed by atoms with Crippen LogP contribution in [0, 0.1) is 6.92 Å². The number of fused-ring (bicyclic) bond motifs is 1. The Morgan fingerprint density at radius 1 is 1.14 bits per heavy atom. The molecule has 4 rings (SSSR count). The van der Waals surface area contributed by atoms with E-state index in [9.17, 15) is 18.0 Å². The number of nitrogens with one attached hydrogen (secondary N) is 1. The minimum Gasteiger partial charge on any atom is -0.408 e. The van der Waals surface area contributed by atoms with Gasteiger partial charge in [-0.15, -0.1) is 0 Å². The minimum absolute atomic E-state index is 0.0807. The van der Waals surface area contributed by atoms with Crippen LogP contribution in [0.5, 0.6) is 0 Å². The third-order valence-corrected chi connectivity index (χ3v) is 6.96. The molecule has 152 valence electrons. The van der Waals surface area contributed by atoms with E-state index in [1.54, 1.807) is 6.07 Å². The first kappa shape index (κ1) is 19.4. The van der Waals surface area contributed by atoms with Crippen molar-refractivity contribution >= 4 is 32.7 Å². The molecule has 3 aromatic rings. The first-order chi connectivity index (χ1) is 13.9. The minimum atomic E-state index is -3.62. The number of hydrogen-bond acceptors (Lipinski definition) is 5. The van der Waals surface area contributed by atoms with Crippen molar-refractivity contribution in [2.45, 2.75) is 31.2 Å². The quantitative estimate of drug-likeness (QED) is 0.689. The summed E-state index contributed by atoms with van der Waals surface area (Å²) in [5.74, 6) is -1.09. The second-order valence-electron chi connectivity index (χ2n) is 7.06. The van der Waals surface area contributed by atoms with Crippen molar-refractivity contribution < 1.29 is 17.6 Å². The lowest BCUT2D eigenvalue weighted by atomic mass is 10.2. The Hall–Kier alpha value is -2.91. The van der Waals surface area contributed by atoms with Gasteiger partial charge in [0, 0.05) is 24.8 Å². The summed E-state index contributed by atoms with van der Waals surface area (Å²) in [6, 6.07) is 11.6. The molecule has 1 amide bonds. The molecule has 0 aliphatic carbocycles. The van der Waals surface area contributed by atoms with Gasteiger partial charge in [0.15, 0.2) is 5.58 Å². The Balaban J connectivity index is 1.61. The number of hydrogen-bond donors (Lipinski definition) is 1. The van der Waals surface area contributed by atoms with Gasteiger partial charge in [-0.3, -0.25) is 9.36 Å². The van der Waals surface area contributed by atoms with Gasteiger partial charge in [-0.05, 0) is 43.5 Å². The number of benzene rings is 2. The summed E-state index contributed by atoms with van der Waals surface area (Å²) in [5.41, 5.74) is 2.08. The average Bonchev–Trinajstić information content (AvgIpc) is 3.32. The summed E-state index contributed by atoms with van der Waals surface area (Å²) >= 11 is 0. The first-order valence-electron chi connectivity index (χ1n) is 9.35. The van der Waals surface area contributed by atoms with Gasteiger partial charge in [-0.25, -0.2) is 13.2 Å². The lowest BCUT2D eigenvalue weighted by Crippen LogP contribution is -2.27. The summed E-state index contributed by atoms with van der Waals surface area (Å²) in [7, 11) is -3.62. The maximum absolute atomic E-state index is 12.7. The van der Waals surface area contributed by atoms with E-state index in [0.717, 1.165) is 18.4 Å². The lowest BCUT2D eigenvalue weighted by Gasteiger charge is -2.15. The molecular weight excluding hydrogens is 394 g/mol. The van der Waals surface area contributed by atoms with Crippen LogP contribution < -0.4 is 11.1 Å². The summed E-state index contributed by atoms with van der Waals surface area (Å²) in [4.78, 5) is 24.8. The fourth-order valence-corrected chi connectivity index (χ4v) is 5.01. The van der Waals surface area contributed by atoms with Crippen LogP contribution in [0.2, 0.25) is 0 Å². The molecule has 29 heavy (non-hydrogen) atoms. The zero-order valence-corrected chi connectivity index (χ0v) is 16.7. The Morgan fingerprint density at radius 3 is 2.59 bits per heavy atom. The molecule has 0 spiro atoms. The van der Waals surface area contributed by atoms with E-state index < -0.39 is 15.8 Å². The van der Waals surface area contributed by atoms with Crippen LogP contribution in [-0.2, 0) is 21.4 Å². The van der Waals surface area contributed by atoms with Crippen molar-refractivity contribution in [3.05, 3.63) is 58.6 Å². The van der Waals surface area contributed by atoms with Crippen molar-refractivity contribution in [1.82, 2.24) is 8.87 Å². The molecule has 0 bridgehead atoms. The highest BCUT2D eigenvalue weighted by Gasteiger charge is 2.28. The Morgan fingerprint density at radius 2 is 1.86 bits per heavy atom. The number of carbonyl (C=O) groups is 1.